The highest BCUT2D eigenvalue weighted by molar-refractivity contribution is 6.40. The second-order valence-electron chi connectivity index (χ2n) is 5.49. The maximum absolute atomic E-state index is 2.34. The van der Waals surface area contributed by atoms with Crippen LogP contribution in [0.4, 0.5) is 0 Å². The van der Waals surface area contributed by atoms with Crippen LogP contribution in [-0.2, 0) is 0 Å². The average Bonchev–Trinajstić information content (AvgIpc) is 2.33. The molecule has 0 bridgehead atoms. The summed E-state index contributed by atoms with van der Waals surface area (Å²) in [6.45, 7) is 11.0. The fourth-order valence-corrected chi connectivity index (χ4v) is 1.73. The van der Waals surface area contributed by atoms with E-state index in [0.29, 0.717) is 0 Å². The van der Waals surface area contributed by atoms with Crippen molar-refractivity contribution < 1.29 is 0 Å². The van der Waals surface area contributed by atoms with Crippen molar-refractivity contribution in [3.63, 3.8) is 0 Å². The molecule has 0 aromatic carbocycles. The highest BCUT2D eigenvalue weighted by Gasteiger charge is 1.97. The van der Waals surface area contributed by atoms with Gasteiger partial charge in [-0.3, -0.25) is 0 Å². The first-order valence-electron chi connectivity index (χ1n) is 7.30. The molecule has 18 heavy (non-hydrogen) atoms. The highest BCUT2D eigenvalue weighted by atomic mass is 14.0. The largest absolute Gasteiger partial charge is 0.137 e. The Kier molecular flexibility index (Phi) is 10.9. The molecule has 0 aromatic rings. The van der Waals surface area contributed by atoms with Gasteiger partial charge in [0.15, 0.2) is 0 Å². The molecular weight excluding hydrogens is 215 g/mol. The minimum absolute atomic E-state index is 0.814. The normalized spacial score (nSPS) is 13.2. The lowest BCUT2D eigenvalue weighted by Crippen LogP contribution is -1.92. The molecule has 0 saturated heterocycles. The van der Waals surface area contributed by atoms with Gasteiger partial charge in [0.05, 0.1) is 0 Å². The Morgan fingerprint density at radius 2 is 1.83 bits per heavy atom. The molecule has 0 spiro atoms. The van der Waals surface area contributed by atoms with Crippen LogP contribution in [0.2, 0.25) is 6.82 Å². The summed E-state index contributed by atoms with van der Waals surface area (Å²) in [6.07, 6.45) is 13.1. The van der Waals surface area contributed by atoms with E-state index in [1.807, 2.05) is 0 Å². The van der Waals surface area contributed by atoms with Gasteiger partial charge in [-0.1, -0.05) is 49.5 Å². The standard InChI is InChI=1S/C17H30B/c1-15(2)17(4)13-9-7-6-8-11-16(3)12-10-14-18-5/h7,9-10,14,16H,6,8,11-13H2,1-5H3/b9-7+,14-10-. The molecule has 1 radical (unpaired) electrons. The van der Waals surface area contributed by atoms with E-state index in [-0.39, 0.29) is 0 Å². The molecule has 0 nitrogen and oxygen atoms in total. The molecule has 1 heteroatoms. The first-order chi connectivity index (χ1) is 8.57. The highest BCUT2D eigenvalue weighted by Crippen LogP contribution is 2.13. The fraction of sp³-hybridized carbons (Fsp3) is 0.647. The van der Waals surface area contributed by atoms with E-state index >= 15 is 0 Å². The fourth-order valence-electron chi connectivity index (χ4n) is 1.73. The Bertz CT molecular complexity index is 280. The number of allylic oxidation sites excluding steroid dienone is 5. The quantitative estimate of drug-likeness (QED) is 0.275. The zero-order valence-electron chi connectivity index (χ0n) is 13.0. The SMILES string of the molecule is C[B]/C=C\CC(C)CCC/C=C/CC(C)=C(C)C. The summed E-state index contributed by atoms with van der Waals surface area (Å²) in [5, 5.41) is 0. The summed E-state index contributed by atoms with van der Waals surface area (Å²) in [5.74, 6) is 2.97. The summed E-state index contributed by atoms with van der Waals surface area (Å²) in [5.41, 5.74) is 2.95. The minimum atomic E-state index is 0.814. The van der Waals surface area contributed by atoms with Crippen molar-refractivity contribution in [3.05, 3.63) is 35.3 Å². The molecule has 0 aromatic heterocycles. The van der Waals surface area contributed by atoms with Gasteiger partial charge in [0, 0.05) is 0 Å². The molecule has 0 fully saturated rings. The molecule has 0 N–H and O–H groups in total. The van der Waals surface area contributed by atoms with Crippen LogP contribution in [0.3, 0.4) is 0 Å². The van der Waals surface area contributed by atoms with Crippen molar-refractivity contribution in [2.45, 2.75) is 66.6 Å². The van der Waals surface area contributed by atoms with Gasteiger partial charge >= 0.3 is 0 Å². The first kappa shape index (κ1) is 17.3. The third kappa shape index (κ3) is 10.4. The van der Waals surface area contributed by atoms with E-state index in [4.69, 9.17) is 0 Å². The van der Waals surface area contributed by atoms with Gasteiger partial charge in [0.2, 0.25) is 0 Å². The number of hydrogen-bond donors (Lipinski definition) is 0. The summed E-state index contributed by atoms with van der Waals surface area (Å²) < 4.78 is 0. The molecule has 0 aliphatic rings. The van der Waals surface area contributed by atoms with Gasteiger partial charge in [0.25, 0.3) is 0 Å². The lowest BCUT2D eigenvalue weighted by molar-refractivity contribution is 0.519. The Morgan fingerprint density at radius 1 is 1.11 bits per heavy atom. The molecule has 1 unspecified atom stereocenters. The van der Waals surface area contributed by atoms with Gasteiger partial charge in [-0.2, -0.15) is 0 Å². The molecule has 0 aliphatic heterocycles. The number of hydrogen-bond acceptors (Lipinski definition) is 0. The molecule has 0 heterocycles. The smallest absolute Gasteiger partial charge is 0.127 e. The number of unbranched alkanes of at least 4 members (excludes halogenated alkanes) is 1. The van der Waals surface area contributed by atoms with E-state index < -0.39 is 0 Å². The van der Waals surface area contributed by atoms with Crippen molar-refractivity contribution in [3.8, 4) is 0 Å². The van der Waals surface area contributed by atoms with Crippen molar-refractivity contribution in [1.29, 1.82) is 0 Å². The second-order valence-corrected chi connectivity index (χ2v) is 5.49. The van der Waals surface area contributed by atoms with Gasteiger partial charge in [-0.05, 0) is 52.4 Å². The summed E-state index contributed by atoms with van der Waals surface area (Å²) in [4.78, 5) is 0. The lowest BCUT2D eigenvalue weighted by Gasteiger charge is -2.06. The van der Waals surface area contributed by atoms with Crippen LogP contribution in [0, 0.1) is 5.92 Å². The molecule has 0 aliphatic carbocycles. The van der Waals surface area contributed by atoms with E-state index in [2.05, 4.69) is 66.0 Å². The van der Waals surface area contributed by atoms with Gasteiger partial charge in [-0.15, -0.1) is 5.98 Å². The maximum Gasteiger partial charge on any atom is 0.137 e. The first-order valence-corrected chi connectivity index (χ1v) is 7.30. The number of rotatable bonds is 9. The molecular formula is C17H30B. The third-order valence-electron chi connectivity index (χ3n) is 3.38. The van der Waals surface area contributed by atoms with Crippen LogP contribution < -0.4 is 0 Å². The van der Waals surface area contributed by atoms with Crippen molar-refractivity contribution in [1.82, 2.24) is 0 Å². The minimum Gasteiger partial charge on any atom is -0.127 e. The predicted molar refractivity (Wildman–Crippen MR) is 86.2 cm³/mol. The Hall–Kier alpha value is -0.715. The monoisotopic (exact) mass is 245 g/mol. The second kappa shape index (κ2) is 11.4. The molecule has 0 rings (SSSR count). The van der Waals surface area contributed by atoms with Crippen LogP contribution in [-0.4, -0.2) is 7.28 Å². The van der Waals surface area contributed by atoms with Crippen molar-refractivity contribution in [2.24, 2.45) is 5.92 Å². The van der Waals surface area contributed by atoms with Crippen LogP contribution >= 0.6 is 0 Å². The van der Waals surface area contributed by atoms with Crippen molar-refractivity contribution in [2.75, 3.05) is 0 Å². The molecule has 0 amide bonds. The van der Waals surface area contributed by atoms with Gasteiger partial charge in [-0.25, -0.2) is 0 Å². The van der Waals surface area contributed by atoms with Gasteiger partial charge in [0.1, 0.15) is 7.28 Å². The zero-order valence-corrected chi connectivity index (χ0v) is 13.0. The van der Waals surface area contributed by atoms with Gasteiger partial charge < -0.3 is 0 Å². The maximum atomic E-state index is 2.34. The van der Waals surface area contributed by atoms with E-state index in [9.17, 15) is 0 Å². The van der Waals surface area contributed by atoms with E-state index in [1.165, 1.54) is 36.8 Å². The van der Waals surface area contributed by atoms with E-state index in [0.717, 1.165) is 12.3 Å². The Morgan fingerprint density at radius 3 is 2.44 bits per heavy atom. The average molecular weight is 245 g/mol. The van der Waals surface area contributed by atoms with Crippen LogP contribution in [0.1, 0.15) is 59.8 Å². The zero-order chi connectivity index (χ0) is 13.8. The Labute approximate surface area is 115 Å². The summed E-state index contributed by atoms with van der Waals surface area (Å²) >= 11 is 0. The third-order valence-corrected chi connectivity index (χ3v) is 3.38. The summed E-state index contributed by atoms with van der Waals surface area (Å²) in [6, 6.07) is 0. The van der Waals surface area contributed by atoms with Crippen LogP contribution in [0.15, 0.2) is 35.3 Å². The molecule has 0 saturated carbocycles. The molecule has 101 valence electrons. The van der Waals surface area contributed by atoms with E-state index in [1.54, 1.807) is 0 Å². The van der Waals surface area contributed by atoms with Crippen molar-refractivity contribution >= 4 is 7.28 Å². The molecule has 1 atom stereocenters. The predicted octanol–water partition coefficient (Wildman–Crippen LogP) is 5.75. The van der Waals surface area contributed by atoms with Crippen LogP contribution in [0.5, 0.6) is 0 Å². The topological polar surface area (TPSA) is 0 Å². The summed E-state index contributed by atoms with van der Waals surface area (Å²) in [7, 11) is 2.10. The van der Waals surface area contributed by atoms with Crippen LogP contribution in [0.25, 0.3) is 0 Å². The Balaban J connectivity index is 3.58. The lowest BCUT2D eigenvalue weighted by atomic mass is 9.82.